The van der Waals surface area contributed by atoms with Gasteiger partial charge in [-0.2, -0.15) is 0 Å². The zero-order chi connectivity index (χ0) is 13.4. The van der Waals surface area contributed by atoms with Gasteiger partial charge in [-0.25, -0.2) is 0 Å². The fourth-order valence-electron chi connectivity index (χ4n) is 1.43. The van der Waals surface area contributed by atoms with Crippen LogP contribution in [-0.2, 0) is 6.54 Å². The van der Waals surface area contributed by atoms with Gasteiger partial charge in [0.2, 0.25) is 0 Å². The lowest BCUT2D eigenvalue weighted by molar-refractivity contribution is 0.309. The van der Waals surface area contributed by atoms with E-state index in [-0.39, 0.29) is 0 Å². The summed E-state index contributed by atoms with van der Waals surface area (Å²) in [5, 5.41) is 0. The third-order valence-corrected chi connectivity index (χ3v) is 2.66. The van der Waals surface area contributed by atoms with Crippen LogP contribution in [0, 0.1) is 0 Å². The number of rotatable bonds is 8. The van der Waals surface area contributed by atoms with Crippen molar-refractivity contribution < 1.29 is 9.47 Å². The van der Waals surface area contributed by atoms with E-state index < -0.39 is 0 Å². The molecule has 0 amide bonds. The highest BCUT2D eigenvalue weighted by atomic mass is 16.5. The quantitative estimate of drug-likeness (QED) is 0.719. The molecule has 100 valence electrons. The van der Waals surface area contributed by atoms with Gasteiger partial charge < -0.3 is 15.2 Å². The van der Waals surface area contributed by atoms with Crippen LogP contribution in [0.5, 0.6) is 11.5 Å². The first-order valence-electron chi connectivity index (χ1n) is 6.46. The topological polar surface area (TPSA) is 44.5 Å². The first kappa shape index (κ1) is 14.6. The third-order valence-electron chi connectivity index (χ3n) is 2.66. The summed E-state index contributed by atoms with van der Waals surface area (Å²) in [4.78, 5) is 0. The molecule has 1 rings (SSSR count). The second kappa shape index (κ2) is 7.77. The van der Waals surface area contributed by atoms with Gasteiger partial charge in [-0.15, -0.1) is 0 Å². The van der Waals surface area contributed by atoms with Crippen molar-refractivity contribution in [3.8, 4) is 11.5 Å². The summed E-state index contributed by atoms with van der Waals surface area (Å²) in [6, 6.07) is 5.79. The maximum atomic E-state index is 5.74. The molecule has 0 spiro atoms. The summed E-state index contributed by atoms with van der Waals surface area (Å²) in [5.74, 6) is 1.62. The molecule has 0 aliphatic rings. The fourth-order valence-corrected chi connectivity index (χ4v) is 1.43. The predicted molar refractivity (Wildman–Crippen MR) is 75.0 cm³/mol. The Labute approximate surface area is 110 Å². The normalized spacial score (nSPS) is 10.2. The molecule has 0 bridgehead atoms. The molecule has 0 aliphatic heterocycles. The Kier molecular flexibility index (Phi) is 6.29. The number of hydrogen-bond donors (Lipinski definition) is 1. The second-order valence-corrected chi connectivity index (χ2v) is 4.21. The van der Waals surface area contributed by atoms with Crippen LogP contribution in [0.1, 0.15) is 32.3 Å². The molecule has 0 fully saturated rings. The van der Waals surface area contributed by atoms with E-state index in [1.54, 1.807) is 0 Å². The number of hydrogen-bond acceptors (Lipinski definition) is 3. The van der Waals surface area contributed by atoms with Gasteiger partial charge in [0.05, 0.1) is 6.61 Å². The first-order valence-corrected chi connectivity index (χ1v) is 6.46. The summed E-state index contributed by atoms with van der Waals surface area (Å²) in [5.41, 5.74) is 7.75. The Morgan fingerprint density at radius 3 is 2.67 bits per heavy atom. The molecule has 0 saturated heterocycles. The highest BCUT2D eigenvalue weighted by molar-refractivity contribution is 5.40. The van der Waals surface area contributed by atoms with Crippen molar-refractivity contribution in [3.63, 3.8) is 0 Å². The van der Waals surface area contributed by atoms with Crippen molar-refractivity contribution in [2.45, 2.75) is 33.2 Å². The lowest BCUT2D eigenvalue weighted by Crippen LogP contribution is -2.05. The van der Waals surface area contributed by atoms with Gasteiger partial charge in [0, 0.05) is 18.2 Å². The van der Waals surface area contributed by atoms with E-state index in [1.807, 2.05) is 18.2 Å². The monoisotopic (exact) mass is 249 g/mol. The molecular weight excluding hydrogens is 226 g/mol. The summed E-state index contributed by atoms with van der Waals surface area (Å²) in [6.45, 7) is 9.77. The number of benzene rings is 1. The molecule has 0 unspecified atom stereocenters. The minimum absolute atomic E-state index is 0.460. The van der Waals surface area contributed by atoms with Crippen molar-refractivity contribution >= 4 is 0 Å². The zero-order valence-corrected chi connectivity index (χ0v) is 11.4. The van der Waals surface area contributed by atoms with E-state index in [1.165, 1.54) is 0 Å². The lowest BCUT2D eigenvalue weighted by atomic mass is 10.2. The van der Waals surface area contributed by atoms with Gasteiger partial charge in [-0.3, -0.25) is 0 Å². The first-order chi connectivity index (χ1) is 8.71. The second-order valence-electron chi connectivity index (χ2n) is 4.21. The summed E-state index contributed by atoms with van der Waals surface area (Å²) in [6.07, 6.45) is 1.91. The van der Waals surface area contributed by atoms with Crippen molar-refractivity contribution in [2.75, 3.05) is 13.2 Å². The van der Waals surface area contributed by atoms with E-state index in [0.29, 0.717) is 19.8 Å². The molecule has 0 aliphatic carbocycles. The van der Waals surface area contributed by atoms with Gasteiger partial charge in [-0.1, -0.05) is 26.5 Å². The largest absolute Gasteiger partial charge is 0.493 e. The van der Waals surface area contributed by atoms with E-state index in [4.69, 9.17) is 15.2 Å². The van der Waals surface area contributed by atoms with Gasteiger partial charge in [0.1, 0.15) is 18.1 Å². The van der Waals surface area contributed by atoms with Crippen molar-refractivity contribution in [3.05, 3.63) is 35.9 Å². The predicted octanol–water partition coefficient (Wildman–Crippen LogP) is 3.28. The molecule has 0 aromatic heterocycles. The number of ether oxygens (including phenoxy) is 2. The molecule has 0 saturated carbocycles. The Bertz CT molecular complexity index is 388. The van der Waals surface area contributed by atoms with Crippen molar-refractivity contribution in [1.82, 2.24) is 0 Å². The highest BCUT2D eigenvalue weighted by Crippen LogP contribution is 2.25. The van der Waals surface area contributed by atoms with Crippen LogP contribution in [0.25, 0.3) is 0 Å². The number of nitrogens with two attached hydrogens (primary N) is 1. The zero-order valence-electron chi connectivity index (χ0n) is 11.4. The maximum Gasteiger partial charge on any atom is 0.127 e. The fraction of sp³-hybridized carbons (Fsp3) is 0.467. The van der Waals surface area contributed by atoms with E-state index in [2.05, 4.69) is 20.4 Å². The lowest BCUT2D eigenvalue weighted by Gasteiger charge is -2.13. The summed E-state index contributed by atoms with van der Waals surface area (Å²) < 4.78 is 11.3. The molecule has 3 nitrogen and oxygen atoms in total. The molecule has 1 aromatic carbocycles. The van der Waals surface area contributed by atoms with Crippen LogP contribution < -0.4 is 15.2 Å². The average Bonchev–Trinajstić information content (AvgIpc) is 2.42. The molecule has 1 aromatic rings. The molecule has 0 atom stereocenters. The van der Waals surface area contributed by atoms with Crippen LogP contribution in [-0.4, -0.2) is 13.2 Å². The van der Waals surface area contributed by atoms with Gasteiger partial charge in [-0.05, 0) is 24.5 Å². The van der Waals surface area contributed by atoms with Crippen molar-refractivity contribution in [2.24, 2.45) is 5.73 Å². The van der Waals surface area contributed by atoms with Crippen LogP contribution in [0.2, 0.25) is 0 Å². The van der Waals surface area contributed by atoms with Gasteiger partial charge >= 0.3 is 0 Å². The smallest absolute Gasteiger partial charge is 0.127 e. The minimum Gasteiger partial charge on any atom is -0.493 e. The molecule has 3 heteroatoms. The molecule has 0 heterocycles. The summed E-state index contributed by atoms with van der Waals surface area (Å²) in [7, 11) is 0. The third kappa shape index (κ3) is 4.41. The summed E-state index contributed by atoms with van der Waals surface area (Å²) >= 11 is 0. The standard InChI is InChI=1S/C15H23NO2/c1-4-8-17-14-7-6-13(10-16)15(9-14)18-11-12(3)5-2/h6-7,9H,3-5,8,10-11,16H2,1-2H3. The van der Waals surface area contributed by atoms with Crippen LogP contribution in [0.3, 0.4) is 0 Å². The Hall–Kier alpha value is -1.48. The van der Waals surface area contributed by atoms with Crippen LogP contribution in [0.4, 0.5) is 0 Å². The van der Waals surface area contributed by atoms with Crippen LogP contribution >= 0.6 is 0 Å². The Morgan fingerprint density at radius 1 is 1.28 bits per heavy atom. The average molecular weight is 249 g/mol. The van der Waals surface area contributed by atoms with E-state index in [0.717, 1.165) is 35.5 Å². The van der Waals surface area contributed by atoms with E-state index in [9.17, 15) is 0 Å². The van der Waals surface area contributed by atoms with Gasteiger partial charge in [0.15, 0.2) is 0 Å². The van der Waals surface area contributed by atoms with Crippen LogP contribution in [0.15, 0.2) is 30.4 Å². The van der Waals surface area contributed by atoms with Gasteiger partial charge in [0.25, 0.3) is 0 Å². The Balaban J connectivity index is 2.74. The van der Waals surface area contributed by atoms with Crippen molar-refractivity contribution in [1.29, 1.82) is 0 Å². The molecule has 2 N–H and O–H groups in total. The Morgan fingerprint density at radius 2 is 2.06 bits per heavy atom. The minimum atomic E-state index is 0.460. The SMILES string of the molecule is C=C(CC)COc1cc(OCCC)ccc1CN. The van der Waals surface area contributed by atoms with E-state index >= 15 is 0 Å². The highest BCUT2D eigenvalue weighted by Gasteiger charge is 2.05. The maximum absolute atomic E-state index is 5.74. The molecular formula is C15H23NO2. The molecule has 0 radical (unpaired) electrons. The molecule has 18 heavy (non-hydrogen) atoms.